The van der Waals surface area contributed by atoms with Crippen LogP contribution in [-0.2, 0) is 12.8 Å². The zero-order valence-electron chi connectivity index (χ0n) is 11.4. The molecule has 20 heavy (non-hydrogen) atoms. The van der Waals surface area contributed by atoms with Gasteiger partial charge >= 0.3 is 0 Å². The summed E-state index contributed by atoms with van der Waals surface area (Å²) in [6, 6.07) is 11.6. The Balaban J connectivity index is 1.80. The molecular formula is C17H17BrFN. The van der Waals surface area contributed by atoms with Crippen LogP contribution in [0, 0.1) is 5.82 Å². The molecule has 0 fully saturated rings. The van der Waals surface area contributed by atoms with Crippen LogP contribution in [0.15, 0.2) is 40.9 Å². The largest absolute Gasteiger partial charge is 0.378 e. The van der Waals surface area contributed by atoms with E-state index in [1.165, 1.54) is 30.0 Å². The first-order chi connectivity index (χ1) is 9.63. The molecule has 0 saturated heterocycles. The van der Waals surface area contributed by atoms with E-state index in [1.807, 2.05) is 19.1 Å². The molecule has 0 aromatic heterocycles. The van der Waals surface area contributed by atoms with E-state index in [2.05, 4.69) is 39.4 Å². The number of hydrogen-bond donors (Lipinski definition) is 1. The van der Waals surface area contributed by atoms with Crippen LogP contribution in [0.4, 0.5) is 10.1 Å². The molecule has 1 N–H and O–H groups in total. The number of aryl methyl sites for hydroxylation is 2. The van der Waals surface area contributed by atoms with Gasteiger partial charge in [-0.1, -0.05) is 28.1 Å². The predicted molar refractivity (Wildman–Crippen MR) is 84.6 cm³/mol. The van der Waals surface area contributed by atoms with E-state index in [1.54, 1.807) is 0 Å². The van der Waals surface area contributed by atoms with Crippen LogP contribution in [0.25, 0.3) is 0 Å². The lowest BCUT2D eigenvalue weighted by atomic mass is 10.1. The van der Waals surface area contributed by atoms with Crippen LogP contribution >= 0.6 is 15.9 Å². The Labute approximate surface area is 127 Å². The van der Waals surface area contributed by atoms with Gasteiger partial charge in [-0.15, -0.1) is 0 Å². The van der Waals surface area contributed by atoms with Crippen molar-refractivity contribution in [1.29, 1.82) is 0 Å². The van der Waals surface area contributed by atoms with Gasteiger partial charge in [0, 0.05) is 15.7 Å². The summed E-state index contributed by atoms with van der Waals surface area (Å²) in [5.74, 6) is -0.180. The van der Waals surface area contributed by atoms with Gasteiger partial charge in [0.1, 0.15) is 5.82 Å². The lowest BCUT2D eigenvalue weighted by Gasteiger charge is -2.17. The van der Waals surface area contributed by atoms with E-state index in [0.29, 0.717) is 5.56 Å². The third-order valence-electron chi connectivity index (χ3n) is 3.91. The fourth-order valence-corrected chi connectivity index (χ4v) is 3.18. The molecule has 1 unspecified atom stereocenters. The van der Waals surface area contributed by atoms with Gasteiger partial charge in [0.05, 0.1) is 6.04 Å². The van der Waals surface area contributed by atoms with Crippen molar-refractivity contribution in [3.63, 3.8) is 0 Å². The monoisotopic (exact) mass is 333 g/mol. The second-order valence-electron chi connectivity index (χ2n) is 5.37. The van der Waals surface area contributed by atoms with Crippen molar-refractivity contribution in [2.45, 2.75) is 32.2 Å². The van der Waals surface area contributed by atoms with Gasteiger partial charge in [0.2, 0.25) is 0 Å². The zero-order valence-corrected chi connectivity index (χ0v) is 13.0. The Morgan fingerprint density at radius 3 is 2.70 bits per heavy atom. The molecule has 3 rings (SSSR count). The first-order valence-electron chi connectivity index (χ1n) is 6.97. The molecule has 0 heterocycles. The minimum Gasteiger partial charge on any atom is -0.378 e. The average molecular weight is 334 g/mol. The molecule has 0 saturated carbocycles. The zero-order chi connectivity index (χ0) is 14.1. The third kappa shape index (κ3) is 2.73. The molecular weight excluding hydrogens is 317 g/mol. The van der Waals surface area contributed by atoms with E-state index in [9.17, 15) is 4.39 Å². The van der Waals surface area contributed by atoms with Gasteiger partial charge in [0.15, 0.2) is 0 Å². The van der Waals surface area contributed by atoms with Gasteiger partial charge in [0.25, 0.3) is 0 Å². The second kappa shape index (κ2) is 5.57. The van der Waals surface area contributed by atoms with E-state index in [4.69, 9.17) is 0 Å². The van der Waals surface area contributed by atoms with Gasteiger partial charge in [-0.3, -0.25) is 0 Å². The maximum Gasteiger partial charge on any atom is 0.129 e. The van der Waals surface area contributed by atoms with Crippen LogP contribution < -0.4 is 5.32 Å². The van der Waals surface area contributed by atoms with Crippen LogP contribution in [0.5, 0.6) is 0 Å². The number of benzene rings is 2. The maximum atomic E-state index is 14.0. The van der Waals surface area contributed by atoms with Crippen molar-refractivity contribution < 1.29 is 4.39 Å². The number of rotatable bonds is 3. The molecule has 1 aliphatic rings. The average Bonchev–Trinajstić information content (AvgIpc) is 2.85. The number of nitrogens with one attached hydrogen (secondary N) is 1. The molecule has 0 amide bonds. The van der Waals surface area contributed by atoms with Gasteiger partial charge in [-0.2, -0.15) is 0 Å². The van der Waals surface area contributed by atoms with Crippen LogP contribution in [0.1, 0.15) is 36.1 Å². The normalized spacial score (nSPS) is 14.9. The highest BCUT2D eigenvalue weighted by Gasteiger charge is 2.14. The Morgan fingerprint density at radius 1 is 1.10 bits per heavy atom. The fraction of sp³-hybridized carbons (Fsp3) is 0.294. The third-order valence-corrected chi connectivity index (χ3v) is 4.40. The standard InChI is InChI=1S/C17H17BrFN/c1-11(16-8-6-14(18)10-17(16)19)20-15-7-5-12-3-2-4-13(12)9-15/h5-11,20H,2-4H2,1H3. The van der Waals surface area contributed by atoms with Crippen molar-refractivity contribution in [3.05, 3.63) is 63.4 Å². The Morgan fingerprint density at radius 2 is 1.90 bits per heavy atom. The molecule has 0 aliphatic heterocycles. The summed E-state index contributed by atoms with van der Waals surface area (Å²) in [4.78, 5) is 0. The van der Waals surface area contributed by atoms with Crippen molar-refractivity contribution >= 4 is 21.6 Å². The van der Waals surface area contributed by atoms with Crippen LogP contribution in [0.3, 0.4) is 0 Å². The van der Waals surface area contributed by atoms with Crippen molar-refractivity contribution in [3.8, 4) is 0 Å². The summed E-state index contributed by atoms with van der Waals surface area (Å²) >= 11 is 3.29. The molecule has 2 aromatic rings. The highest BCUT2D eigenvalue weighted by Crippen LogP contribution is 2.28. The van der Waals surface area contributed by atoms with Gasteiger partial charge in [-0.05, 0) is 61.6 Å². The maximum absolute atomic E-state index is 14.0. The predicted octanol–water partition coefficient (Wildman–Crippen LogP) is 5.25. The highest BCUT2D eigenvalue weighted by atomic mass is 79.9. The molecule has 0 spiro atoms. The van der Waals surface area contributed by atoms with Crippen molar-refractivity contribution in [2.75, 3.05) is 5.32 Å². The Hall–Kier alpha value is -1.35. The molecule has 2 aromatic carbocycles. The first-order valence-corrected chi connectivity index (χ1v) is 7.76. The Bertz CT molecular complexity index is 639. The summed E-state index contributed by atoms with van der Waals surface area (Å²) in [6.07, 6.45) is 3.59. The lowest BCUT2D eigenvalue weighted by molar-refractivity contribution is 0.599. The number of halogens is 2. The second-order valence-corrected chi connectivity index (χ2v) is 6.28. The number of fused-ring (bicyclic) bond motifs is 1. The molecule has 1 atom stereocenters. The number of anilines is 1. The van der Waals surface area contributed by atoms with Crippen molar-refractivity contribution in [1.82, 2.24) is 0 Å². The van der Waals surface area contributed by atoms with E-state index >= 15 is 0 Å². The summed E-state index contributed by atoms with van der Waals surface area (Å²) in [7, 11) is 0. The minimum atomic E-state index is -0.180. The lowest BCUT2D eigenvalue weighted by Crippen LogP contribution is -2.08. The first kappa shape index (κ1) is 13.6. The van der Waals surface area contributed by atoms with Crippen LogP contribution in [-0.4, -0.2) is 0 Å². The van der Waals surface area contributed by atoms with Crippen molar-refractivity contribution in [2.24, 2.45) is 0 Å². The summed E-state index contributed by atoms with van der Waals surface area (Å²) in [5, 5.41) is 3.39. The van der Waals surface area contributed by atoms with Gasteiger partial charge in [-0.25, -0.2) is 4.39 Å². The molecule has 0 radical (unpaired) electrons. The SMILES string of the molecule is CC(Nc1ccc2c(c1)CCC2)c1ccc(Br)cc1F. The topological polar surface area (TPSA) is 12.0 Å². The summed E-state index contributed by atoms with van der Waals surface area (Å²) in [5.41, 5.74) is 4.64. The van der Waals surface area contributed by atoms with E-state index in [0.717, 1.165) is 16.6 Å². The summed E-state index contributed by atoms with van der Waals surface area (Å²) < 4.78 is 14.7. The quantitative estimate of drug-likeness (QED) is 0.808. The highest BCUT2D eigenvalue weighted by molar-refractivity contribution is 9.10. The van der Waals surface area contributed by atoms with Gasteiger partial charge < -0.3 is 5.32 Å². The van der Waals surface area contributed by atoms with Crippen LogP contribution in [0.2, 0.25) is 0 Å². The molecule has 1 nitrogen and oxygen atoms in total. The Kier molecular flexibility index (Phi) is 3.79. The van der Waals surface area contributed by atoms with E-state index < -0.39 is 0 Å². The van der Waals surface area contributed by atoms with E-state index in [-0.39, 0.29) is 11.9 Å². The minimum absolute atomic E-state index is 0.0532. The fourth-order valence-electron chi connectivity index (χ4n) is 2.84. The summed E-state index contributed by atoms with van der Waals surface area (Å²) in [6.45, 7) is 1.99. The smallest absolute Gasteiger partial charge is 0.129 e. The molecule has 104 valence electrons. The molecule has 3 heteroatoms. The molecule has 1 aliphatic carbocycles. The number of hydrogen-bond acceptors (Lipinski definition) is 1. The molecule has 0 bridgehead atoms.